The highest BCUT2D eigenvalue weighted by molar-refractivity contribution is 6.60. The maximum atomic E-state index is 11.7. The van der Waals surface area contributed by atoms with Gasteiger partial charge < -0.3 is 0 Å². The number of alkyl halides is 7. The minimum absolute atomic E-state index is 1.89. The molecule has 0 amide bonds. The van der Waals surface area contributed by atoms with Crippen molar-refractivity contribution in [3.63, 3.8) is 0 Å². The molecular formula is C3HCl4F3. The molecule has 0 saturated carbocycles. The summed E-state index contributed by atoms with van der Waals surface area (Å²) < 4.78 is 31.9. The van der Waals surface area contributed by atoms with Crippen LogP contribution in [0.25, 0.3) is 0 Å². The van der Waals surface area contributed by atoms with E-state index in [1.54, 1.807) is 0 Å². The molecule has 0 saturated heterocycles. The lowest BCUT2D eigenvalue weighted by Crippen LogP contribution is -2.39. The van der Waals surface area contributed by atoms with Crippen LogP contribution >= 0.6 is 46.4 Å². The van der Waals surface area contributed by atoms with Gasteiger partial charge in [0.1, 0.15) is 4.84 Å². The summed E-state index contributed by atoms with van der Waals surface area (Å²) in [6.45, 7) is 0. The van der Waals surface area contributed by atoms with Crippen molar-refractivity contribution in [1.82, 2.24) is 0 Å². The lowest BCUT2D eigenvalue weighted by molar-refractivity contribution is -0.138. The molecule has 0 N–H and O–H groups in total. The normalized spacial score (nSPS) is 14.4. The van der Waals surface area contributed by atoms with Crippen molar-refractivity contribution in [2.24, 2.45) is 0 Å². The predicted octanol–water partition coefficient (Wildman–Crippen LogP) is 3.53. The molecule has 0 heterocycles. The van der Waals surface area contributed by atoms with E-state index in [1.165, 1.54) is 0 Å². The lowest BCUT2D eigenvalue weighted by atomic mass is 10.4. The van der Waals surface area contributed by atoms with Gasteiger partial charge >= 0.3 is 6.18 Å². The number of rotatable bonds is 1. The molecule has 0 aromatic carbocycles. The Morgan fingerprint density at radius 1 is 1.00 bits per heavy atom. The number of hydrogen-bond acceptors (Lipinski definition) is 0. The predicted molar refractivity (Wildman–Crippen MR) is 36.0 cm³/mol. The molecule has 7 heteroatoms. The number of hydrogen-bond donors (Lipinski definition) is 0. The second-order valence-electron chi connectivity index (χ2n) is 1.42. The van der Waals surface area contributed by atoms with E-state index < -0.39 is 15.3 Å². The zero-order valence-corrected chi connectivity index (χ0v) is 7.25. The van der Waals surface area contributed by atoms with Crippen LogP contribution in [-0.4, -0.2) is 15.3 Å². The molecule has 10 heavy (non-hydrogen) atoms. The molecule has 0 fully saturated rings. The van der Waals surface area contributed by atoms with E-state index in [2.05, 4.69) is 0 Å². The second-order valence-corrected chi connectivity index (χ2v) is 3.90. The van der Waals surface area contributed by atoms with Crippen molar-refractivity contribution in [3.8, 4) is 0 Å². The molecule has 0 atom stereocenters. The summed E-state index contributed by atoms with van der Waals surface area (Å²) in [6, 6.07) is 0. The fourth-order valence-corrected chi connectivity index (χ4v) is 0.371. The average Bonchev–Trinajstić information content (AvgIpc) is 1.62. The first-order valence-corrected chi connectivity index (χ1v) is 3.55. The van der Waals surface area contributed by atoms with Crippen LogP contribution in [0.2, 0.25) is 0 Å². The van der Waals surface area contributed by atoms with Gasteiger partial charge in [-0.1, -0.05) is 23.2 Å². The highest BCUT2D eigenvalue weighted by Gasteiger charge is 2.57. The van der Waals surface area contributed by atoms with Gasteiger partial charge in [-0.2, -0.15) is 13.2 Å². The largest absolute Gasteiger partial charge is 0.424 e. The maximum Gasteiger partial charge on any atom is 0.424 e. The fraction of sp³-hybridized carbons (Fsp3) is 1.00. The molecule has 0 aliphatic rings. The minimum atomic E-state index is -4.82. The summed E-state index contributed by atoms with van der Waals surface area (Å²) >= 11 is 19.1. The molecule has 0 rings (SSSR count). The van der Waals surface area contributed by atoms with Crippen LogP contribution in [0.5, 0.6) is 0 Å². The highest BCUT2D eigenvalue weighted by atomic mass is 35.5. The molecule has 0 aliphatic heterocycles. The molecule has 62 valence electrons. The van der Waals surface area contributed by atoms with Crippen molar-refractivity contribution in [3.05, 3.63) is 0 Å². The van der Waals surface area contributed by atoms with E-state index in [4.69, 9.17) is 46.4 Å². The average molecular weight is 236 g/mol. The molecule has 0 aliphatic carbocycles. The van der Waals surface area contributed by atoms with E-state index >= 15 is 0 Å². The van der Waals surface area contributed by atoms with Gasteiger partial charge in [-0.05, 0) is 0 Å². The molecule has 0 bridgehead atoms. The van der Waals surface area contributed by atoms with Gasteiger partial charge in [0.05, 0.1) is 0 Å². The van der Waals surface area contributed by atoms with Crippen LogP contribution < -0.4 is 0 Å². The Balaban J connectivity index is 4.40. The van der Waals surface area contributed by atoms with E-state index in [9.17, 15) is 13.2 Å². The van der Waals surface area contributed by atoms with Crippen LogP contribution in [0, 0.1) is 0 Å². The zero-order chi connectivity index (χ0) is 8.58. The topological polar surface area (TPSA) is 0 Å². The summed E-state index contributed by atoms with van der Waals surface area (Å²) in [6.07, 6.45) is -4.82. The van der Waals surface area contributed by atoms with Crippen LogP contribution in [0.4, 0.5) is 13.2 Å². The van der Waals surface area contributed by atoms with Gasteiger partial charge in [0.25, 0.3) is 0 Å². The van der Waals surface area contributed by atoms with Crippen LogP contribution in [0.1, 0.15) is 0 Å². The Morgan fingerprint density at radius 2 is 1.30 bits per heavy atom. The van der Waals surface area contributed by atoms with E-state index in [-0.39, 0.29) is 0 Å². The van der Waals surface area contributed by atoms with Gasteiger partial charge in [-0.25, -0.2) is 0 Å². The fourth-order valence-electron chi connectivity index (χ4n) is 0.124. The Bertz CT molecular complexity index is 117. The molecule has 0 aromatic heterocycles. The Morgan fingerprint density at radius 3 is 1.30 bits per heavy atom. The van der Waals surface area contributed by atoms with Gasteiger partial charge in [0, 0.05) is 0 Å². The van der Waals surface area contributed by atoms with Crippen LogP contribution in [0.15, 0.2) is 0 Å². The summed E-state index contributed by atoms with van der Waals surface area (Å²) in [5.41, 5.74) is 0. The van der Waals surface area contributed by atoms with E-state index in [1.807, 2.05) is 0 Å². The highest BCUT2D eigenvalue weighted by Crippen LogP contribution is 2.45. The van der Waals surface area contributed by atoms with E-state index in [0.717, 1.165) is 0 Å². The third kappa shape index (κ3) is 2.22. The summed E-state index contributed by atoms with van der Waals surface area (Å²) in [5, 5.41) is 0. The van der Waals surface area contributed by atoms with Crippen molar-refractivity contribution >= 4 is 46.4 Å². The van der Waals surface area contributed by atoms with E-state index in [0.29, 0.717) is 0 Å². The first kappa shape index (κ1) is 11.0. The lowest BCUT2D eigenvalue weighted by Gasteiger charge is -2.23. The Kier molecular flexibility index (Phi) is 3.43. The second kappa shape index (κ2) is 3.13. The van der Waals surface area contributed by atoms with Crippen LogP contribution in [0.3, 0.4) is 0 Å². The van der Waals surface area contributed by atoms with Crippen molar-refractivity contribution in [1.29, 1.82) is 0 Å². The zero-order valence-electron chi connectivity index (χ0n) is 4.22. The molecule has 0 aromatic rings. The SMILES string of the molecule is FC(F)(F)C(Cl)(Cl)C(Cl)Cl. The van der Waals surface area contributed by atoms with Gasteiger partial charge in [0.2, 0.25) is 4.33 Å². The summed E-state index contributed by atoms with van der Waals surface area (Å²) in [4.78, 5) is -1.89. The third-order valence-corrected chi connectivity index (χ3v) is 2.62. The maximum absolute atomic E-state index is 11.7. The molecule has 0 spiro atoms. The third-order valence-electron chi connectivity index (χ3n) is 0.652. The van der Waals surface area contributed by atoms with Gasteiger partial charge in [0.15, 0.2) is 0 Å². The van der Waals surface area contributed by atoms with Gasteiger partial charge in [-0.15, -0.1) is 23.2 Å². The minimum Gasteiger partial charge on any atom is -0.168 e. The molecule has 0 unspecified atom stereocenters. The number of halogens is 7. The van der Waals surface area contributed by atoms with Crippen molar-refractivity contribution < 1.29 is 13.2 Å². The van der Waals surface area contributed by atoms with Crippen molar-refractivity contribution in [2.75, 3.05) is 0 Å². The Hall–Kier alpha value is 0.950. The standard InChI is InChI=1S/C3HCl4F3/c4-1(5)2(6,7)3(8,9)10/h1H. The molecule has 0 nitrogen and oxygen atoms in total. The van der Waals surface area contributed by atoms with Crippen LogP contribution in [-0.2, 0) is 0 Å². The first-order chi connectivity index (χ1) is 4.19. The Labute approximate surface area is 75.2 Å². The summed E-state index contributed by atoms with van der Waals surface area (Å²) in [5.74, 6) is 0. The molecular weight excluding hydrogens is 235 g/mol. The smallest absolute Gasteiger partial charge is 0.168 e. The summed E-state index contributed by atoms with van der Waals surface area (Å²) in [7, 11) is 0. The van der Waals surface area contributed by atoms with Gasteiger partial charge in [-0.3, -0.25) is 0 Å². The van der Waals surface area contributed by atoms with Crippen molar-refractivity contribution in [2.45, 2.75) is 15.3 Å². The molecule has 0 radical (unpaired) electrons. The first-order valence-electron chi connectivity index (χ1n) is 1.92. The monoisotopic (exact) mass is 234 g/mol. The quantitative estimate of drug-likeness (QED) is 0.610.